The number of hydrogen-bond donors (Lipinski definition) is 3. The van der Waals surface area contributed by atoms with Crippen LogP contribution >= 0.6 is 0 Å². The van der Waals surface area contributed by atoms with Crippen LogP contribution < -0.4 is 10.1 Å². The smallest absolute Gasteiger partial charge is 0.121 e. The summed E-state index contributed by atoms with van der Waals surface area (Å²) in [6.07, 6.45) is -0.556. The fourth-order valence-electron chi connectivity index (χ4n) is 2.31. The van der Waals surface area contributed by atoms with Crippen molar-refractivity contribution in [1.82, 2.24) is 0 Å². The van der Waals surface area contributed by atoms with Crippen LogP contribution in [0.15, 0.2) is 42.5 Å². The standard InChI is InChI=1S/C17H21NO3/c1-11(15-10-13(21-3)8-9-17(15)20)18-16-7-5-4-6-14(16)12(2)19/h4-12,18-20H,1-3H3. The first-order valence-electron chi connectivity index (χ1n) is 6.93. The molecule has 2 atom stereocenters. The van der Waals surface area contributed by atoms with Crippen LogP contribution in [0.5, 0.6) is 11.5 Å². The molecule has 0 spiro atoms. The van der Waals surface area contributed by atoms with Crippen LogP contribution in [-0.4, -0.2) is 17.3 Å². The highest BCUT2D eigenvalue weighted by atomic mass is 16.5. The van der Waals surface area contributed by atoms with E-state index in [1.807, 2.05) is 31.2 Å². The van der Waals surface area contributed by atoms with E-state index in [1.165, 1.54) is 0 Å². The van der Waals surface area contributed by atoms with Gasteiger partial charge in [-0.25, -0.2) is 0 Å². The van der Waals surface area contributed by atoms with Crippen LogP contribution in [0.4, 0.5) is 5.69 Å². The van der Waals surface area contributed by atoms with Gasteiger partial charge < -0.3 is 20.3 Å². The van der Waals surface area contributed by atoms with Gasteiger partial charge in [0.2, 0.25) is 0 Å². The van der Waals surface area contributed by atoms with Crippen LogP contribution in [0, 0.1) is 0 Å². The van der Waals surface area contributed by atoms with Gasteiger partial charge in [0.1, 0.15) is 11.5 Å². The number of rotatable bonds is 5. The van der Waals surface area contributed by atoms with Gasteiger partial charge in [-0.3, -0.25) is 0 Å². The number of methoxy groups -OCH3 is 1. The maximum atomic E-state index is 10.0. The summed E-state index contributed by atoms with van der Waals surface area (Å²) in [6, 6.07) is 12.6. The molecule has 0 aromatic heterocycles. The first-order chi connectivity index (χ1) is 10.0. The molecule has 2 aromatic rings. The second kappa shape index (κ2) is 6.50. The van der Waals surface area contributed by atoms with Crippen LogP contribution in [0.3, 0.4) is 0 Å². The summed E-state index contributed by atoms with van der Waals surface area (Å²) in [5, 5.41) is 23.2. The lowest BCUT2D eigenvalue weighted by Crippen LogP contribution is -2.09. The minimum absolute atomic E-state index is 0.125. The fraction of sp³-hybridized carbons (Fsp3) is 0.294. The van der Waals surface area contributed by atoms with Crippen LogP contribution in [-0.2, 0) is 0 Å². The molecule has 2 unspecified atom stereocenters. The quantitative estimate of drug-likeness (QED) is 0.786. The number of phenols is 1. The highest BCUT2D eigenvalue weighted by molar-refractivity contribution is 5.55. The molecule has 21 heavy (non-hydrogen) atoms. The fourth-order valence-corrected chi connectivity index (χ4v) is 2.31. The molecule has 4 nitrogen and oxygen atoms in total. The normalized spacial score (nSPS) is 13.5. The van der Waals surface area contributed by atoms with Gasteiger partial charge >= 0.3 is 0 Å². The van der Waals surface area contributed by atoms with E-state index in [0.717, 1.165) is 16.8 Å². The maximum absolute atomic E-state index is 10.0. The minimum Gasteiger partial charge on any atom is -0.508 e. The Balaban J connectivity index is 2.28. The average molecular weight is 287 g/mol. The van der Waals surface area contributed by atoms with Gasteiger partial charge in [0.25, 0.3) is 0 Å². The summed E-state index contributed by atoms with van der Waals surface area (Å²) in [6.45, 7) is 3.68. The maximum Gasteiger partial charge on any atom is 0.121 e. The van der Waals surface area contributed by atoms with Crippen molar-refractivity contribution in [3.05, 3.63) is 53.6 Å². The van der Waals surface area contributed by atoms with Crippen LogP contribution in [0.25, 0.3) is 0 Å². The summed E-state index contributed by atoms with van der Waals surface area (Å²) < 4.78 is 5.19. The average Bonchev–Trinajstić information content (AvgIpc) is 2.48. The molecule has 0 saturated carbocycles. The van der Waals surface area contributed by atoms with Crippen molar-refractivity contribution in [2.24, 2.45) is 0 Å². The summed E-state index contributed by atoms with van der Waals surface area (Å²) in [5.74, 6) is 0.908. The highest BCUT2D eigenvalue weighted by Gasteiger charge is 2.14. The predicted octanol–water partition coefficient (Wildman–Crippen LogP) is 3.63. The zero-order valence-electron chi connectivity index (χ0n) is 12.5. The molecular weight excluding hydrogens is 266 g/mol. The molecule has 112 valence electrons. The number of nitrogens with one attached hydrogen (secondary N) is 1. The molecular formula is C17H21NO3. The van der Waals surface area contributed by atoms with Crippen molar-refractivity contribution in [2.45, 2.75) is 26.0 Å². The Labute approximate surface area is 125 Å². The Morgan fingerprint density at radius 1 is 1.05 bits per heavy atom. The van der Waals surface area contributed by atoms with Gasteiger partial charge in [-0.05, 0) is 38.1 Å². The number of hydrogen-bond acceptors (Lipinski definition) is 4. The van der Waals surface area contributed by atoms with E-state index < -0.39 is 6.10 Å². The molecule has 0 amide bonds. The van der Waals surface area contributed by atoms with Crippen molar-refractivity contribution in [1.29, 1.82) is 0 Å². The first kappa shape index (κ1) is 15.2. The minimum atomic E-state index is -0.556. The summed E-state index contributed by atoms with van der Waals surface area (Å²) in [4.78, 5) is 0. The van der Waals surface area contributed by atoms with Gasteiger partial charge in [-0.15, -0.1) is 0 Å². The highest BCUT2D eigenvalue weighted by Crippen LogP contribution is 2.32. The number of benzene rings is 2. The third kappa shape index (κ3) is 3.47. The first-order valence-corrected chi connectivity index (χ1v) is 6.93. The third-order valence-electron chi connectivity index (χ3n) is 3.48. The van der Waals surface area contributed by atoms with Gasteiger partial charge in [0, 0.05) is 16.8 Å². The number of anilines is 1. The van der Waals surface area contributed by atoms with Gasteiger partial charge in [-0.2, -0.15) is 0 Å². The molecule has 0 radical (unpaired) electrons. The third-order valence-corrected chi connectivity index (χ3v) is 3.48. The number of phenolic OH excluding ortho intramolecular Hbond substituents is 1. The molecule has 0 aliphatic heterocycles. The van der Waals surface area contributed by atoms with E-state index in [1.54, 1.807) is 32.2 Å². The lowest BCUT2D eigenvalue weighted by Gasteiger charge is -2.20. The number of aliphatic hydroxyl groups excluding tert-OH is 1. The Morgan fingerprint density at radius 2 is 1.76 bits per heavy atom. The molecule has 3 N–H and O–H groups in total. The number of aromatic hydroxyl groups is 1. The summed E-state index contributed by atoms with van der Waals surface area (Å²) >= 11 is 0. The number of ether oxygens (including phenoxy) is 1. The zero-order chi connectivity index (χ0) is 15.4. The lowest BCUT2D eigenvalue weighted by molar-refractivity contribution is 0.200. The molecule has 0 bridgehead atoms. The summed E-state index contributed by atoms with van der Waals surface area (Å²) in [7, 11) is 1.59. The van der Waals surface area contributed by atoms with Gasteiger partial charge in [0.15, 0.2) is 0 Å². The number of para-hydroxylation sites is 1. The monoisotopic (exact) mass is 287 g/mol. The SMILES string of the molecule is COc1ccc(O)c(C(C)Nc2ccccc2C(C)O)c1. The van der Waals surface area contributed by atoms with Crippen LogP contribution in [0.1, 0.15) is 37.1 Å². The molecule has 2 rings (SSSR count). The second-order valence-electron chi connectivity index (χ2n) is 5.05. The van der Waals surface area contributed by atoms with Crippen molar-refractivity contribution >= 4 is 5.69 Å². The molecule has 0 aliphatic carbocycles. The number of aliphatic hydroxyl groups is 1. The molecule has 4 heteroatoms. The Hall–Kier alpha value is -2.20. The zero-order valence-corrected chi connectivity index (χ0v) is 12.5. The predicted molar refractivity (Wildman–Crippen MR) is 83.8 cm³/mol. The van der Waals surface area contributed by atoms with Crippen molar-refractivity contribution in [2.75, 3.05) is 12.4 Å². The Bertz CT molecular complexity index is 611. The second-order valence-corrected chi connectivity index (χ2v) is 5.05. The van der Waals surface area contributed by atoms with Crippen molar-refractivity contribution in [3.8, 4) is 11.5 Å². The van der Waals surface area contributed by atoms with E-state index in [-0.39, 0.29) is 11.8 Å². The lowest BCUT2D eigenvalue weighted by atomic mass is 10.0. The summed E-state index contributed by atoms with van der Waals surface area (Å²) in [5.41, 5.74) is 2.42. The molecule has 0 heterocycles. The molecule has 0 saturated heterocycles. The van der Waals surface area contributed by atoms with Gasteiger partial charge in [-0.1, -0.05) is 18.2 Å². The Kier molecular flexibility index (Phi) is 4.70. The molecule has 0 fully saturated rings. The van der Waals surface area contributed by atoms with E-state index in [4.69, 9.17) is 4.74 Å². The van der Waals surface area contributed by atoms with Crippen molar-refractivity contribution < 1.29 is 14.9 Å². The van der Waals surface area contributed by atoms with Gasteiger partial charge in [0.05, 0.1) is 19.3 Å². The van der Waals surface area contributed by atoms with Crippen molar-refractivity contribution in [3.63, 3.8) is 0 Å². The van der Waals surface area contributed by atoms with E-state index >= 15 is 0 Å². The van der Waals surface area contributed by atoms with E-state index in [0.29, 0.717) is 5.75 Å². The largest absolute Gasteiger partial charge is 0.508 e. The topological polar surface area (TPSA) is 61.7 Å². The molecule has 0 aliphatic rings. The Morgan fingerprint density at radius 3 is 2.43 bits per heavy atom. The van der Waals surface area contributed by atoms with E-state index in [9.17, 15) is 10.2 Å². The van der Waals surface area contributed by atoms with Crippen LogP contribution in [0.2, 0.25) is 0 Å². The molecule has 2 aromatic carbocycles. The van der Waals surface area contributed by atoms with E-state index in [2.05, 4.69) is 5.32 Å².